The van der Waals surface area contributed by atoms with Gasteiger partial charge in [0.25, 0.3) is 0 Å². The highest BCUT2D eigenvalue weighted by atomic mass is 16.4. The lowest BCUT2D eigenvalue weighted by Gasteiger charge is -2.10. The predicted octanol–water partition coefficient (Wildman–Crippen LogP) is 3.79. The van der Waals surface area contributed by atoms with Gasteiger partial charge in [0.1, 0.15) is 28.6 Å². The molecule has 6 heteroatoms. The summed E-state index contributed by atoms with van der Waals surface area (Å²) >= 11 is 0. The molecule has 0 unspecified atom stereocenters. The van der Waals surface area contributed by atoms with Gasteiger partial charge in [0.05, 0.1) is 10.9 Å². The molecule has 0 amide bonds. The molecule has 0 radical (unpaired) electrons. The lowest BCUT2D eigenvalue weighted by molar-refractivity contribution is 0.441. The molecule has 0 fully saturated rings. The quantitative estimate of drug-likeness (QED) is 0.421. The number of phenols is 4. The van der Waals surface area contributed by atoms with Crippen LogP contribution in [-0.2, 0) is 6.42 Å². The highest BCUT2D eigenvalue weighted by molar-refractivity contribution is 5.90. The van der Waals surface area contributed by atoms with E-state index in [9.17, 15) is 25.2 Å². The van der Waals surface area contributed by atoms with E-state index in [1.165, 1.54) is 24.3 Å². The molecule has 0 saturated heterocycles. The SMILES string of the molecule is CC(C)=CCc1c(O)cc2oc(=O)c(-c3ccc(O)cc3O)cc2c1O. The summed E-state index contributed by atoms with van der Waals surface area (Å²) in [4.78, 5) is 12.3. The van der Waals surface area contributed by atoms with Crippen LogP contribution in [0.4, 0.5) is 0 Å². The second-order valence-corrected chi connectivity index (χ2v) is 6.27. The van der Waals surface area contributed by atoms with Crippen molar-refractivity contribution in [3.63, 3.8) is 0 Å². The van der Waals surface area contributed by atoms with Gasteiger partial charge in [-0.2, -0.15) is 0 Å². The van der Waals surface area contributed by atoms with Crippen LogP contribution < -0.4 is 5.63 Å². The average molecular weight is 354 g/mol. The molecule has 0 aliphatic rings. The Morgan fingerprint density at radius 1 is 1.00 bits per heavy atom. The van der Waals surface area contributed by atoms with E-state index in [-0.39, 0.29) is 45.1 Å². The van der Waals surface area contributed by atoms with Crippen molar-refractivity contribution in [3.05, 3.63) is 58.0 Å². The second-order valence-electron chi connectivity index (χ2n) is 6.27. The molecule has 2 aromatic carbocycles. The summed E-state index contributed by atoms with van der Waals surface area (Å²) in [5.41, 5.74) is 0.829. The highest BCUT2D eigenvalue weighted by Gasteiger charge is 2.18. The van der Waals surface area contributed by atoms with Gasteiger partial charge in [-0.3, -0.25) is 0 Å². The summed E-state index contributed by atoms with van der Waals surface area (Å²) in [5, 5.41) is 40.3. The number of hydrogen-bond acceptors (Lipinski definition) is 6. The third-order valence-corrected chi connectivity index (χ3v) is 4.08. The number of rotatable bonds is 3. The van der Waals surface area contributed by atoms with E-state index in [1.54, 1.807) is 0 Å². The Labute approximate surface area is 148 Å². The van der Waals surface area contributed by atoms with Crippen molar-refractivity contribution in [3.8, 4) is 34.1 Å². The van der Waals surface area contributed by atoms with E-state index in [1.807, 2.05) is 19.9 Å². The largest absolute Gasteiger partial charge is 0.508 e. The molecule has 1 heterocycles. The third-order valence-electron chi connectivity index (χ3n) is 4.08. The van der Waals surface area contributed by atoms with Crippen molar-refractivity contribution in [2.75, 3.05) is 0 Å². The van der Waals surface area contributed by atoms with Crippen molar-refractivity contribution >= 4 is 11.0 Å². The van der Waals surface area contributed by atoms with Crippen LogP contribution in [0.2, 0.25) is 0 Å². The first-order valence-electron chi connectivity index (χ1n) is 7.95. The van der Waals surface area contributed by atoms with Crippen molar-refractivity contribution in [1.82, 2.24) is 0 Å². The van der Waals surface area contributed by atoms with Crippen LogP contribution in [0.15, 0.2) is 51.2 Å². The van der Waals surface area contributed by atoms with Gasteiger partial charge in [-0.15, -0.1) is 0 Å². The molecule has 0 aliphatic carbocycles. The Morgan fingerprint density at radius 3 is 2.38 bits per heavy atom. The van der Waals surface area contributed by atoms with Crippen molar-refractivity contribution in [1.29, 1.82) is 0 Å². The van der Waals surface area contributed by atoms with Crippen LogP contribution in [0, 0.1) is 0 Å². The summed E-state index contributed by atoms with van der Waals surface area (Å²) in [6, 6.07) is 6.49. The van der Waals surface area contributed by atoms with Crippen LogP contribution in [0.25, 0.3) is 22.1 Å². The normalized spacial score (nSPS) is 10.8. The van der Waals surface area contributed by atoms with Gasteiger partial charge in [0.2, 0.25) is 0 Å². The standard InChI is InChI=1S/C20H18O6/c1-10(2)3-5-13-17(23)9-18-15(19(13)24)8-14(20(25)26-18)12-6-4-11(21)7-16(12)22/h3-4,6-9,21-24H,5H2,1-2H3. The molecule has 1 aromatic heterocycles. The Kier molecular flexibility index (Phi) is 4.34. The van der Waals surface area contributed by atoms with Gasteiger partial charge in [0.15, 0.2) is 0 Å². The first-order valence-corrected chi connectivity index (χ1v) is 7.95. The molecular weight excluding hydrogens is 336 g/mol. The fourth-order valence-electron chi connectivity index (χ4n) is 2.71. The topological polar surface area (TPSA) is 111 Å². The highest BCUT2D eigenvalue weighted by Crippen LogP contribution is 2.38. The van der Waals surface area contributed by atoms with Crippen LogP contribution in [0.1, 0.15) is 19.4 Å². The van der Waals surface area contributed by atoms with Crippen LogP contribution in [0.3, 0.4) is 0 Å². The van der Waals surface area contributed by atoms with Gasteiger partial charge in [-0.1, -0.05) is 11.6 Å². The van der Waals surface area contributed by atoms with Gasteiger partial charge in [0, 0.05) is 23.3 Å². The maximum atomic E-state index is 12.3. The molecule has 0 aliphatic heterocycles. The van der Waals surface area contributed by atoms with E-state index >= 15 is 0 Å². The van der Waals surface area contributed by atoms with Crippen LogP contribution >= 0.6 is 0 Å². The molecule has 134 valence electrons. The third kappa shape index (κ3) is 3.09. The smallest absolute Gasteiger partial charge is 0.344 e. The molecule has 0 bridgehead atoms. The zero-order valence-electron chi connectivity index (χ0n) is 14.3. The van der Waals surface area contributed by atoms with E-state index < -0.39 is 5.63 Å². The number of aromatic hydroxyl groups is 4. The van der Waals surface area contributed by atoms with Crippen LogP contribution in [0.5, 0.6) is 23.0 Å². The van der Waals surface area contributed by atoms with Gasteiger partial charge in [-0.25, -0.2) is 4.79 Å². The van der Waals surface area contributed by atoms with Crippen molar-refractivity contribution in [2.45, 2.75) is 20.3 Å². The second kappa shape index (κ2) is 6.48. The first kappa shape index (κ1) is 17.4. The Morgan fingerprint density at radius 2 is 1.73 bits per heavy atom. The molecule has 0 spiro atoms. The number of fused-ring (bicyclic) bond motifs is 1. The fourth-order valence-corrected chi connectivity index (χ4v) is 2.71. The van der Waals surface area contributed by atoms with E-state index in [2.05, 4.69) is 0 Å². The molecule has 0 saturated carbocycles. The summed E-state index contributed by atoms with van der Waals surface area (Å²) in [5.74, 6) is -0.801. The molecule has 3 rings (SSSR count). The maximum absolute atomic E-state index is 12.3. The summed E-state index contributed by atoms with van der Waals surface area (Å²) in [6.45, 7) is 3.81. The molecule has 26 heavy (non-hydrogen) atoms. The fraction of sp³-hybridized carbons (Fsp3) is 0.150. The van der Waals surface area contributed by atoms with Gasteiger partial charge < -0.3 is 24.8 Å². The zero-order valence-corrected chi connectivity index (χ0v) is 14.3. The Hall–Kier alpha value is -3.41. The molecule has 3 aromatic rings. The number of benzene rings is 2. The zero-order chi connectivity index (χ0) is 19.0. The lowest BCUT2D eigenvalue weighted by Crippen LogP contribution is -2.03. The van der Waals surface area contributed by atoms with Gasteiger partial charge >= 0.3 is 5.63 Å². The Bertz CT molecular complexity index is 1090. The van der Waals surface area contributed by atoms with Gasteiger partial charge in [-0.05, 0) is 38.5 Å². The summed E-state index contributed by atoms with van der Waals surface area (Å²) in [7, 11) is 0. The number of allylic oxidation sites excluding steroid dienone is 2. The average Bonchev–Trinajstić information content (AvgIpc) is 2.54. The van der Waals surface area contributed by atoms with Crippen molar-refractivity contribution < 1.29 is 24.8 Å². The summed E-state index contributed by atoms with van der Waals surface area (Å²) in [6.07, 6.45) is 2.17. The minimum atomic E-state index is -0.741. The molecule has 4 N–H and O–H groups in total. The predicted molar refractivity (Wildman–Crippen MR) is 97.7 cm³/mol. The maximum Gasteiger partial charge on any atom is 0.344 e. The Balaban J connectivity index is 2.26. The minimum absolute atomic E-state index is 0.0316. The molecule has 0 atom stereocenters. The van der Waals surface area contributed by atoms with Crippen molar-refractivity contribution in [2.24, 2.45) is 0 Å². The van der Waals surface area contributed by atoms with E-state index in [0.29, 0.717) is 12.0 Å². The van der Waals surface area contributed by atoms with E-state index in [4.69, 9.17) is 4.42 Å². The van der Waals surface area contributed by atoms with Crippen LogP contribution in [-0.4, -0.2) is 20.4 Å². The van der Waals surface area contributed by atoms with E-state index in [0.717, 1.165) is 11.6 Å². The number of hydrogen-bond donors (Lipinski definition) is 4. The monoisotopic (exact) mass is 354 g/mol. The number of phenolic OH excluding ortho intramolecular Hbond substituents is 4. The summed E-state index contributed by atoms with van der Waals surface area (Å²) < 4.78 is 5.21. The first-order chi connectivity index (χ1) is 12.3. The lowest BCUT2D eigenvalue weighted by atomic mass is 10.0. The minimum Gasteiger partial charge on any atom is -0.508 e. The molecule has 6 nitrogen and oxygen atoms in total. The molecular formula is C20H18O6.